The number of methoxy groups -OCH3 is 1. The van der Waals surface area contributed by atoms with Crippen LogP contribution < -0.4 is 14.8 Å². The molecule has 114 valence electrons. The van der Waals surface area contributed by atoms with E-state index in [-0.39, 0.29) is 12.5 Å². The zero-order valence-electron chi connectivity index (χ0n) is 13.2. The Morgan fingerprint density at radius 1 is 1.30 bits per heavy atom. The highest BCUT2D eigenvalue weighted by Crippen LogP contribution is 2.29. The van der Waals surface area contributed by atoms with Crippen molar-refractivity contribution in [2.45, 2.75) is 39.8 Å². The molecule has 0 spiro atoms. The standard InChI is InChI=1S/C16H27NO3/c1-6-17-10-13-7-8-14(19-5)15(9-13)20-11-16(4,18)12(2)3/h7-9,12,17-18H,6,10-11H2,1-5H3. The minimum absolute atomic E-state index is 0.124. The summed E-state index contributed by atoms with van der Waals surface area (Å²) in [5, 5.41) is 13.5. The quantitative estimate of drug-likeness (QED) is 0.769. The minimum atomic E-state index is -0.858. The Balaban J connectivity index is 2.80. The Labute approximate surface area is 122 Å². The number of hydrogen-bond acceptors (Lipinski definition) is 4. The van der Waals surface area contributed by atoms with E-state index < -0.39 is 5.60 Å². The third kappa shape index (κ3) is 4.69. The van der Waals surface area contributed by atoms with Gasteiger partial charge in [0.25, 0.3) is 0 Å². The monoisotopic (exact) mass is 281 g/mol. The van der Waals surface area contributed by atoms with Gasteiger partial charge in [0.1, 0.15) is 6.61 Å². The SMILES string of the molecule is CCNCc1ccc(OC)c(OCC(C)(O)C(C)C)c1. The van der Waals surface area contributed by atoms with Crippen LogP contribution in [0.3, 0.4) is 0 Å². The predicted molar refractivity (Wildman–Crippen MR) is 81.3 cm³/mol. The maximum absolute atomic E-state index is 10.2. The first kappa shape index (κ1) is 16.8. The number of rotatable bonds is 8. The van der Waals surface area contributed by atoms with Gasteiger partial charge in [-0.3, -0.25) is 0 Å². The minimum Gasteiger partial charge on any atom is -0.493 e. The lowest BCUT2D eigenvalue weighted by Crippen LogP contribution is -2.37. The van der Waals surface area contributed by atoms with Gasteiger partial charge in [-0.15, -0.1) is 0 Å². The van der Waals surface area contributed by atoms with Crippen LogP contribution in [0.1, 0.15) is 33.3 Å². The van der Waals surface area contributed by atoms with E-state index in [9.17, 15) is 5.11 Å². The Morgan fingerprint density at radius 2 is 2.00 bits per heavy atom. The second kappa shape index (κ2) is 7.50. The van der Waals surface area contributed by atoms with E-state index in [0.717, 1.165) is 18.7 Å². The predicted octanol–water partition coefficient (Wildman–Crippen LogP) is 2.59. The van der Waals surface area contributed by atoms with Crippen molar-refractivity contribution in [3.8, 4) is 11.5 Å². The summed E-state index contributed by atoms with van der Waals surface area (Å²) in [6, 6.07) is 5.86. The molecule has 0 saturated carbocycles. The zero-order chi connectivity index (χ0) is 15.2. The molecule has 0 heterocycles. The number of aliphatic hydroxyl groups is 1. The highest BCUT2D eigenvalue weighted by atomic mass is 16.5. The van der Waals surface area contributed by atoms with Gasteiger partial charge in [0.2, 0.25) is 0 Å². The van der Waals surface area contributed by atoms with E-state index in [1.54, 1.807) is 14.0 Å². The first-order valence-electron chi connectivity index (χ1n) is 7.13. The van der Waals surface area contributed by atoms with Crippen molar-refractivity contribution in [2.24, 2.45) is 5.92 Å². The molecule has 0 radical (unpaired) electrons. The Morgan fingerprint density at radius 3 is 2.55 bits per heavy atom. The Hall–Kier alpha value is -1.26. The third-order valence-electron chi connectivity index (χ3n) is 3.57. The van der Waals surface area contributed by atoms with Crippen molar-refractivity contribution in [1.29, 1.82) is 0 Å². The lowest BCUT2D eigenvalue weighted by atomic mass is 9.94. The molecule has 0 fully saturated rings. The molecule has 0 saturated heterocycles. The number of benzene rings is 1. The molecule has 2 N–H and O–H groups in total. The van der Waals surface area contributed by atoms with Crippen LogP contribution in [-0.2, 0) is 6.54 Å². The van der Waals surface area contributed by atoms with Crippen molar-refractivity contribution in [3.63, 3.8) is 0 Å². The summed E-state index contributed by atoms with van der Waals surface area (Å²) < 4.78 is 11.1. The van der Waals surface area contributed by atoms with Crippen molar-refractivity contribution < 1.29 is 14.6 Å². The van der Waals surface area contributed by atoms with Crippen molar-refractivity contribution in [3.05, 3.63) is 23.8 Å². The van der Waals surface area contributed by atoms with E-state index >= 15 is 0 Å². The average Bonchev–Trinajstić information content (AvgIpc) is 2.42. The zero-order valence-corrected chi connectivity index (χ0v) is 13.2. The number of hydrogen-bond donors (Lipinski definition) is 2. The molecule has 1 rings (SSSR count). The fourth-order valence-corrected chi connectivity index (χ4v) is 1.60. The smallest absolute Gasteiger partial charge is 0.161 e. The van der Waals surface area contributed by atoms with Gasteiger partial charge in [0.05, 0.1) is 12.7 Å². The molecule has 0 aromatic heterocycles. The third-order valence-corrected chi connectivity index (χ3v) is 3.57. The van der Waals surface area contributed by atoms with Crippen molar-refractivity contribution >= 4 is 0 Å². The van der Waals surface area contributed by atoms with Gasteiger partial charge in [0.15, 0.2) is 11.5 Å². The molecule has 20 heavy (non-hydrogen) atoms. The first-order chi connectivity index (χ1) is 9.40. The van der Waals surface area contributed by atoms with Crippen LogP contribution in [0, 0.1) is 5.92 Å². The molecule has 0 aliphatic heterocycles. The molecule has 1 atom stereocenters. The lowest BCUT2D eigenvalue weighted by molar-refractivity contribution is -0.0271. The second-order valence-electron chi connectivity index (χ2n) is 5.57. The van der Waals surface area contributed by atoms with Gasteiger partial charge in [0, 0.05) is 6.54 Å². The maximum Gasteiger partial charge on any atom is 0.161 e. The highest BCUT2D eigenvalue weighted by Gasteiger charge is 2.26. The van der Waals surface area contributed by atoms with Crippen LogP contribution in [0.5, 0.6) is 11.5 Å². The fourth-order valence-electron chi connectivity index (χ4n) is 1.60. The van der Waals surface area contributed by atoms with Gasteiger partial charge >= 0.3 is 0 Å². The highest BCUT2D eigenvalue weighted by molar-refractivity contribution is 5.43. The summed E-state index contributed by atoms with van der Waals surface area (Å²) in [6.45, 7) is 9.76. The van der Waals surface area contributed by atoms with Gasteiger partial charge in [-0.1, -0.05) is 26.8 Å². The van der Waals surface area contributed by atoms with Crippen molar-refractivity contribution in [2.75, 3.05) is 20.3 Å². The molecule has 0 aliphatic carbocycles. The molecular weight excluding hydrogens is 254 g/mol. The average molecular weight is 281 g/mol. The summed E-state index contributed by atoms with van der Waals surface area (Å²) in [5.74, 6) is 1.48. The summed E-state index contributed by atoms with van der Waals surface area (Å²) >= 11 is 0. The van der Waals surface area contributed by atoms with E-state index in [1.165, 1.54) is 0 Å². The molecule has 1 aromatic rings. The van der Waals surface area contributed by atoms with Crippen LogP contribution in [0.15, 0.2) is 18.2 Å². The molecule has 4 heteroatoms. The Kier molecular flexibility index (Phi) is 6.30. The van der Waals surface area contributed by atoms with Crippen LogP contribution in [0.25, 0.3) is 0 Å². The molecule has 0 bridgehead atoms. The van der Waals surface area contributed by atoms with Crippen LogP contribution in [-0.4, -0.2) is 31.0 Å². The molecule has 1 unspecified atom stereocenters. The largest absolute Gasteiger partial charge is 0.493 e. The van der Waals surface area contributed by atoms with Gasteiger partial charge in [-0.05, 0) is 37.1 Å². The Bertz CT molecular complexity index is 416. The summed E-state index contributed by atoms with van der Waals surface area (Å²) in [4.78, 5) is 0. The summed E-state index contributed by atoms with van der Waals surface area (Å²) in [5.41, 5.74) is 0.273. The normalized spacial score (nSPS) is 14.2. The first-order valence-corrected chi connectivity index (χ1v) is 7.13. The molecule has 0 aliphatic rings. The van der Waals surface area contributed by atoms with Crippen molar-refractivity contribution in [1.82, 2.24) is 5.32 Å². The lowest BCUT2D eigenvalue weighted by Gasteiger charge is -2.27. The summed E-state index contributed by atoms with van der Waals surface area (Å²) in [7, 11) is 1.62. The molecule has 4 nitrogen and oxygen atoms in total. The van der Waals surface area contributed by atoms with E-state index in [0.29, 0.717) is 11.5 Å². The maximum atomic E-state index is 10.2. The van der Waals surface area contributed by atoms with E-state index in [1.807, 2.05) is 32.0 Å². The van der Waals surface area contributed by atoms with E-state index in [4.69, 9.17) is 9.47 Å². The summed E-state index contributed by atoms with van der Waals surface area (Å²) in [6.07, 6.45) is 0. The van der Waals surface area contributed by atoms with Crippen LogP contribution in [0.4, 0.5) is 0 Å². The van der Waals surface area contributed by atoms with Crippen LogP contribution in [0.2, 0.25) is 0 Å². The van der Waals surface area contributed by atoms with E-state index in [2.05, 4.69) is 12.2 Å². The topological polar surface area (TPSA) is 50.7 Å². The fraction of sp³-hybridized carbons (Fsp3) is 0.625. The number of ether oxygens (including phenoxy) is 2. The molecular formula is C16H27NO3. The molecule has 1 aromatic carbocycles. The molecule has 0 amide bonds. The van der Waals surface area contributed by atoms with Crippen LogP contribution >= 0.6 is 0 Å². The van der Waals surface area contributed by atoms with Gasteiger partial charge in [-0.25, -0.2) is 0 Å². The number of nitrogens with one attached hydrogen (secondary N) is 1. The van der Waals surface area contributed by atoms with Gasteiger partial charge < -0.3 is 19.9 Å². The second-order valence-corrected chi connectivity index (χ2v) is 5.57. The van der Waals surface area contributed by atoms with Gasteiger partial charge in [-0.2, -0.15) is 0 Å².